The van der Waals surface area contributed by atoms with Gasteiger partial charge in [0.1, 0.15) is 12.4 Å². The Hall–Kier alpha value is -4.03. The molecule has 172 valence electrons. The zero-order valence-electron chi connectivity index (χ0n) is 18.5. The van der Waals surface area contributed by atoms with E-state index >= 15 is 0 Å². The third-order valence-corrected chi connectivity index (χ3v) is 5.24. The molecule has 0 saturated heterocycles. The van der Waals surface area contributed by atoms with E-state index in [9.17, 15) is 4.79 Å². The first-order chi connectivity index (χ1) is 16.6. The molecule has 0 bridgehead atoms. The van der Waals surface area contributed by atoms with Gasteiger partial charge in [0, 0.05) is 5.02 Å². The van der Waals surface area contributed by atoms with Crippen LogP contribution in [0.4, 0.5) is 0 Å². The number of nitrogens with zero attached hydrogens (tertiary/aromatic N) is 1. The predicted octanol–water partition coefficient (Wildman–Crippen LogP) is 5.61. The minimum Gasteiger partial charge on any atom is -0.493 e. The van der Waals surface area contributed by atoms with E-state index in [0.717, 1.165) is 21.9 Å². The molecule has 0 aliphatic rings. The normalized spacial score (nSPS) is 10.9. The molecule has 0 atom stereocenters. The van der Waals surface area contributed by atoms with Crippen LogP contribution in [0.1, 0.15) is 11.1 Å². The molecule has 7 heteroatoms. The van der Waals surface area contributed by atoms with Crippen LogP contribution in [0.2, 0.25) is 5.02 Å². The topological polar surface area (TPSA) is 69.2 Å². The smallest absolute Gasteiger partial charge is 0.277 e. The fraction of sp³-hybridized carbons (Fsp3) is 0.111. The SMILES string of the molecule is COc1cc(C=NNC(=O)COc2ccc3ccccc3c2)ccc1OCc1ccc(Cl)cc1. The number of hydrazone groups is 1. The molecule has 1 N–H and O–H groups in total. The van der Waals surface area contributed by atoms with Gasteiger partial charge in [-0.05, 0) is 64.4 Å². The molecule has 0 aliphatic carbocycles. The summed E-state index contributed by atoms with van der Waals surface area (Å²) in [5, 5.41) is 6.84. The van der Waals surface area contributed by atoms with Gasteiger partial charge in [0.05, 0.1) is 13.3 Å². The van der Waals surface area contributed by atoms with Crippen LogP contribution in [0.3, 0.4) is 0 Å². The highest BCUT2D eigenvalue weighted by Gasteiger charge is 2.07. The third kappa shape index (κ3) is 6.27. The second-order valence-electron chi connectivity index (χ2n) is 7.42. The van der Waals surface area contributed by atoms with Gasteiger partial charge in [-0.3, -0.25) is 4.79 Å². The van der Waals surface area contributed by atoms with Crippen molar-refractivity contribution in [3.05, 3.63) is 101 Å². The van der Waals surface area contributed by atoms with Crippen molar-refractivity contribution in [2.75, 3.05) is 13.7 Å². The fourth-order valence-electron chi connectivity index (χ4n) is 3.24. The van der Waals surface area contributed by atoms with E-state index in [1.807, 2.05) is 72.8 Å². The second-order valence-corrected chi connectivity index (χ2v) is 7.85. The molecule has 4 aromatic rings. The quantitative estimate of drug-likeness (QED) is 0.253. The molecular weight excluding hydrogens is 452 g/mol. The van der Waals surface area contributed by atoms with E-state index in [2.05, 4.69) is 10.5 Å². The molecule has 0 heterocycles. The number of fused-ring (bicyclic) bond motifs is 1. The van der Waals surface area contributed by atoms with E-state index in [-0.39, 0.29) is 12.5 Å². The monoisotopic (exact) mass is 474 g/mol. The molecule has 4 aromatic carbocycles. The molecule has 1 amide bonds. The number of hydrogen-bond donors (Lipinski definition) is 1. The van der Waals surface area contributed by atoms with Gasteiger partial charge >= 0.3 is 0 Å². The number of amides is 1. The summed E-state index contributed by atoms with van der Waals surface area (Å²) >= 11 is 5.91. The van der Waals surface area contributed by atoms with Crippen LogP contribution in [0.15, 0.2) is 90.0 Å². The average molecular weight is 475 g/mol. The number of carbonyl (C=O) groups excluding carboxylic acids is 1. The number of methoxy groups -OCH3 is 1. The van der Waals surface area contributed by atoms with Gasteiger partial charge in [-0.15, -0.1) is 0 Å². The Bertz CT molecular complexity index is 1310. The molecule has 0 radical (unpaired) electrons. The van der Waals surface area contributed by atoms with Crippen molar-refractivity contribution in [2.45, 2.75) is 6.61 Å². The lowest BCUT2D eigenvalue weighted by Crippen LogP contribution is -2.24. The van der Waals surface area contributed by atoms with Gasteiger partial charge in [-0.1, -0.05) is 54.1 Å². The minimum atomic E-state index is -0.362. The van der Waals surface area contributed by atoms with Crippen molar-refractivity contribution in [1.82, 2.24) is 5.43 Å². The highest BCUT2D eigenvalue weighted by molar-refractivity contribution is 6.30. The molecule has 0 unspecified atom stereocenters. The summed E-state index contributed by atoms with van der Waals surface area (Å²) in [7, 11) is 1.57. The number of halogens is 1. The Morgan fingerprint density at radius 2 is 1.71 bits per heavy atom. The van der Waals surface area contributed by atoms with Crippen molar-refractivity contribution < 1.29 is 19.0 Å². The molecular formula is C27H23ClN2O4. The van der Waals surface area contributed by atoms with Crippen LogP contribution >= 0.6 is 11.6 Å². The highest BCUT2D eigenvalue weighted by atomic mass is 35.5. The first-order valence-electron chi connectivity index (χ1n) is 10.6. The lowest BCUT2D eigenvalue weighted by Gasteiger charge is -2.11. The lowest BCUT2D eigenvalue weighted by atomic mass is 10.1. The molecule has 4 rings (SSSR count). The van der Waals surface area contributed by atoms with E-state index in [1.165, 1.54) is 6.21 Å². The van der Waals surface area contributed by atoms with Gasteiger partial charge in [0.15, 0.2) is 18.1 Å². The molecule has 0 fully saturated rings. The van der Waals surface area contributed by atoms with Gasteiger partial charge in [-0.2, -0.15) is 5.10 Å². The standard InChI is InChI=1S/C27H23ClN2O4/c1-32-26-14-20(8-13-25(26)34-17-19-6-10-23(28)11-7-19)16-29-30-27(31)18-33-24-12-9-21-4-2-3-5-22(21)15-24/h2-16H,17-18H2,1H3,(H,30,31). The number of benzene rings is 4. The maximum Gasteiger partial charge on any atom is 0.277 e. The Morgan fingerprint density at radius 3 is 2.50 bits per heavy atom. The van der Waals surface area contributed by atoms with E-state index in [1.54, 1.807) is 19.2 Å². The lowest BCUT2D eigenvalue weighted by molar-refractivity contribution is -0.123. The summed E-state index contributed by atoms with van der Waals surface area (Å²) < 4.78 is 16.8. The number of rotatable bonds is 9. The zero-order chi connectivity index (χ0) is 23.8. The second kappa shape index (κ2) is 11.2. The van der Waals surface area contributed by atoms with Crippen LogP contribution in [0.25, 0.3) is 10.8 Å². The summed E-state index contributed by atoms with van der Waals surface area (Å²) in [5.41, 5.74) is 4.20. The van der Waals surface area contributed by atoms with Crippen LogP contribution in [0.5, 0.6) is 17.2 Å². The molecule has 0 aliphatic heterocycles. The Labute approximate surface area is 202 Å². The van der Waals surface area contributed by atoms with Gasteiger partial charge in [0.25, 0.3) is 5.91 Å². The minimum absolute atomic E-state index is 0.142. The summed E-state index contributed by atoms with van der Waals surface area (Å²) in [6.07, 6.45) is 1.53. The number of carbonyl (C=O) groups is 1. The van der Waals surface area contributed by atoms with Crippen LogP contribution < -0.4 is 19.6 Å². The van der Waals surface area contributed by atoms with E-state index in [0.29, 0.717) is 28.9 Å². The molecule has 0 spiro atoms. The first kappa shape index (κ1) is 23.1. The van der Waals surface area contributed by atoms with Crippen LogP contribution in [0, 0.1) is 0 Å². The number of hydrogen-bond acceptors (Lipinski definition) is 5. The highest BCUT2D eigenvalue weighted by Crippen LogP contribution is 2.28. The predicted molar refractivity (Wildman–Crippen MR) is 134 cm³/mol. The van der Waals surface area contributed by atoms with Gasteiger partial charge in [0.2, 0.25) is 0 Å². The summed E-state index contributed by atoms with van der Waals surface area (Å²) in [6.45, 7) is 0.241. The summed E-state index contributed by atoms with van der Waals surface area (Å²) in [4.78, 5) is 12.1. The van der Waals surface area contributed by atoms with Crippen LogP contribution in [-0.4, -0.2) is 25.8 Å². The molecule has 6 nitrogen and oxygen atoms in total. The third-order valence-electron chi connectivity index (χ3n) is 4.99. The van der Waals surface area contributed by atoms with Crippen LogP contribution in [-0.2, 0) is 11.4 Å². The van der Waals surface area contributed by atoms with Gasteiger partial charge < -0.3 is 14.2 Å². The van der Waals surface area contributed by atoms with E-state index < -0.39 is 0 Å². The number of ether oxygens (including phenoxy) is 3. The maximum absolute atomic E-state index is 12.1. The molecule has 0 aromatic heterocycles. The van der Waals surface area contributed by atoms with E-state index in [4.69, 9.17) is 25.8 Å². The Balaban J connectivity index is 1.29. The van der Waals surface area contributed by atoms with Crippen molar-refractivity contribution in [3.63, 3.8) is 0 Å². The average Bonchev–Trinajstić information content (AvgIpc) is 2.87. The zero-order valence-corrected chi connectivity index (χ0v) is 19.3. The Kier molecular flexibility index (Phi) is 7.63. The van der Waals surface area contributed by atoms with Crippen molar-refractivity contribution >= 4 is 34.5 Å². The largest absolute Gasteiger partial charge is 0.493 e. The maximum atomic E-state index is 12.1. The molecule has 34 heavy (non-hydrogen) atoms. The fourth-order valence-corrected chi connectivity index (χ4v) is 3.37. The molecule has 0 saturated carbocycles. The summed E-state index contributed by atoms with van der Waals surface area (Å²) in [6, 6.07) is 26.5. The van der Waals surface area contributed by atoms with Crippen molar-refractivity contribution in [3.8, 4) is 17.2 Å². The Morgan fingerprint density at radius 1 is 0.912 bits per heavy atom. The van der Waals surface area contributed by atoms with Crippen molar-refractivity contribution in [2.24, 2.45) is 5.10 Å². The summed E-state index contributed by atoms with van der Waals surface area (Å²) in [5.74, 6) is 1.42. The first-order valence-corrected chi connectivity index (χ1v) is 11.0. The number of nitrogens with one attached hydrogen (secondary N) is 1. The van der Waals surface area contributed by atoms with Crippen molar-refractivity contribution in [1.29, 1.82) is 0 Å². The van der Waals surface area contributed by atoms with Gasteiger partial charge in [-0.25, -0.2) is 5.43 Å².